The predicted molar refractivity (Wildman–Crippen MR) is 92.7 cm³/mol. The summed E-state index contributed by atoms with van der Waals surface area (Å²) in [7, 11) is 1.65. The lowest BCUT2D eigenvalue weighted by Crippen LogP contribution is -2.26. The van der Waals surface area contributed by atoms with Gasteiger partial charge in [-0.15, -0.1) is 0 Å². The number of H-pyrrole nitrogens is 2. The first-order valence-electron chi connectivity index (χ1n) is 8.17. The van der Waals surface area contributed by atoms with Crippen LogP contribution in [-0.4, -0.2) is 39.7 Å². The Hall–Kier alpha value is -3.09. The van der Waals surface area contributed by atoms with E-state index in [-0.39, 0.29) is 11.8 Å². The molecule has 0 bridgehead atoms. The van der Waals surface area contributed by atoms with Crippen molar-refractivity contribution in [1.29, 1.82) is 0 Å². The Bertz CT molecular complexity index is 927. The maximum Gasteiger partial charge on any atom is 0.271 e. The van der Waals surface area contributed by atoms with Gasteiger partial charge in [-0.1, -0.05) is 12.1 Å². The first kappa shape index (κ1) is 15.4. The van der Waals surface area contributed by atoms with Gasteiger partial charge < -0.3 is 15.0 Å². The van der Waals surface area contributed by atoms with Gasteiger partial charge in [0.25, 0.3) is 5.91 Å². The molecule has 3 heterocycles. The summed E-state index contributed by atoms with van der Waals surface area (Å²) < 4.78 is 5.31. The Morgan fingerprint density at radius 2 is 2.16 bits per heavy atom. The van der Waals surface area contributed by atoms with E-state index in [1.165, 1.54) is 0 Å². The number of ether oxygens (including phenoxy) is 1. The summed E-state index contributed by atoms with van der Waals surface area (Å²) in [5.74, 6) is 1.41. The van der Waals surface area contributed by atoms with Crippen LogP contribution in [0.25, 0.3) is 11.5 Å². The minimum absolute atomic E-state index is 0.148. The van der Waals surface area contributed by atoms with Gasteiger partial charge in [-0.2, -0.15) is 5.10 Å². The Morgan fingerprint density at radius 3 is 2.92 bits per heavy atom. The normalized spacial score (nSPS) is 16.9. The molecule has 1 aliphatic heterocycles. The van der Waals surface area contributed by atoms with E-state index in [9.17, 15) is 4.79 Å². The summed E-state index contributed by atoms with van der Waals surface area (Å²) in [5, 5.41) is 10.1. The Morgan fingerprint density at radius 1 is 1.28 bits per heavy atom. The lowest BCUT2D eigenvalue weighted by Gasteiger charge is -2.15. The number of amides is 1. The number of hydrogen-bond acceptors (Lipinski definition) is 4. The number of aromatic amines is 2. The number of imidazole rings is 1. The fourth-order valence-corrected chi connectivity index (χ4v) is 3.15. The fourth-order valence-electron chi connectivity index (χ4n) is 3.15. The molecule has 7 heteroatoms. The molecule has 0 saturated carbocycles. The summed E-state index contributed by atoms with van der Waals surface area (Å²) in [4.78, 5) is 20.1. The SMILES string of the molecule is COc1cccc(C2CNC(=O)c3nc(-c4cc(C)[nH]n4)[nH]c3C2)c1. The highest BCUT2D eigenvalue weighted by molar-refractivity contribution is 5.94. The average molecular weight is 337 g/mol. The molecular formula is C18H19N5O2. The zero-order valence-corrected chi connectivity index (χ0v) is 14.1. The quantitative estimate of drug-likeness (QED) is 0.682. The molecule has 1 amide bonds. The number of aryl methyl sites for hydroxylation is 1. The second kappa shape index (κ2) is 6.08. The molecule has 0 fully saturated rings. The number of aromatic nitrogens is 4. The molecule has 4 rings (SSSR count). The minimum Gasteiger partial charge on any atom is -0.497 e. The third-order valence-electron chi connectivity index (χ3n) is 4.47. The first-order chi connectivity index (χ1) is 12.1. The second-order valence-corrected chi connectivity index (χ2v) is 6.24. The van der Waals surface area contributed by atoms with Crippen LogP contribution in [0.4, 0.5) is 0 Å². The molecule has 128 valence electrons. The van der Waals surface area contributed by atoms with E-state index >= 15 is 0 Å². The van der Waals surface area contributed by atoms with Crippen LogP contribution in [-0.2, 0) is 6.42 Å². The van der Waals surface area contributed by atoms with E-state index < -0.39 is 0 Å². The van der Waals surface area contributed by atoms with Crippen molar-refractivity contribution in [2.75, 3.05) is 13.7 Å². The number of rotatable bonds is 3. The Labute approximate surface area is 144 Å². The van der Waals surface area contributed by atoms with Gasteiger partial charge in [-0.25, -0.2) is 4.98 Å². The molecule has 7 nitrogen and oxygen atoms in total. The number of hydrogen-bond donors (Lipinski definition) is 3. The maximum absolute atomic E-state index is 12.4. The zero-order chi connectivity index (χ0) is 17.4. The maximum atomic E-state index is 12.4. The molecule has 0 saturated heterocycles. The van der Waals surface area contributed by atoms with Crippen LogP contribution in [0.3, 0.4) is 0 Å². The number of carbonyl (C=O) groups excluding carboxylic acids is 1. The molecule has 1 aromatic carbocycles. The number of fused-ring (bicyclic) bond motifs is 1. The molecule has 3 aromatic rings. The second-order valence-electron chi connectivity index (χ2n) is 6.24. The third kappa shape index (κ3) is 2.88. The van der Waals surface area contributed by atoms with Gasteiger partial charge in [-0.05, 0) is 37.1 Å². The van der Waals surface area contributed by atoms with Crippen molar-refractivity contribution in [3.8, 4) is 17.3 Å². The van der Waals surface area contributed by atoms with Crippen molar-refractivity contribution < 1.29 is 9.53 Å². The summed E-state index contributed by atoms with van der Waals surface area (Å²) in [6.45, 7) is 2.49. The van der Waals surface area contributed by atoms with Crippen molar-refractivity contribution in [3.63, 3.8) is 0 Å². The summed E-state index contributed by atoms with van der Waals surface area (Å²) in [6, 6.07) is 9.84. The van der Waals surface area contributed by atoms with Crippen molar-refractivity contribution in [3.05, 3.63) is 53.0 Å². The highest BCUT2D eigenvalue weighted by Gasteiger charge is 2.27. The summed E-state index contributed by atoms with van der Waals surface area (Å²) in [6.07, 6.45) is 0.692. The molecule has 3 N–H and O–H groups in total. The number of benzene rings is 1. The highest BCUT2D eigenvalue weighted by Crippen LogP contribution is 2.28. The smallest absolute Gasteiger partial charge is 0.271 e. The number of nitrogens with one attached hydrogen (secondary N) is 3. The van der Waals surface area contributed by atoms with Crippen LogP contribution in [0.1, 0.15) is 33.4 Å². The fraction of sp³-hybridized carbons (Fsp3) is 0.278. The standard InChI is InChI=1S/C18H19N5O2/c1-10-6-15(23-22-10)17-20-14-8-12(9-19-18(24)16(14)21-17)11-4-3-5-13(7-11)25-2/h3-7,12H,8-9H2,1-2H3,(H,19,24)(H,20,21)(H,22,23). The zero-order valence-electron chi connectivity index (χ0n) is 14.1. The number of nitrogens with zero attached hydrogens (tertiary/aromatic N) is 2. The van der Waals surface area contributed by atoms with Crippen LogP contribution >= 0.6 is 0 Å². The van der Waals surface area contributed by atoms with Gasteiger partial charge in [0.15, 0.2) is 5.82 Å². The molecule has 0 radical (unpaired) electrons. The van der Waals surface area contributed by atoms with Gasteiger partial charge in [0, 0.05) is 23.9 Å². The molecule has 1 atom stereocenters. The highest BCUT2D eigenvalue weighted by atomic mass is 16.5. The van der Waals surface area contributed by atoms with Crippen molar-refractivity contribution >= 4 is 5.91 Å². The van der Waals surface area contributed by atoms with Gasteiger partial charge in [-0.3, -0.25) is 9.89 Å². The monoisotopic (exact) mass is 337 g/mol. The van der Waals surface area contributed by atoms with Gasteiger partial charge >= 0.3 is 0 Å². The van der Waals surface area contributed by atoms with Crippen LogP contribution in [0.15, 0.2) is 30.3 Å². The van der Waals surface area contributed by atoms with E-state index in [4.69, 9.17) is 4.74 Å². The minimum atomic E-state index is -0.157. The molecule has 1 unspecified atom stereocenters. The molecule has 0 spiro atoms. The van der Waals surface area contributed by atoms with Crippen LogP contribution in [0.5, 0.6) is 5.75 Å². The van der Waals surface area contributed by atoms with Crippen molar-refractivity contribution in [2.24, 2.45) is 0 Å². The van der Waals surface area contributed by atoms with E-state index in [0.29, 0.717) is 30.2 Å². The van der Waals surface area contributed by atoms with Gasteiger partial charge in [0.2, 0.25) is 0 Å². The molecule has 0 aliphatic carbocycles. The van der Waals surface area contributed by atoms with E-state index in [2.05, 4.69) is 31.5 Å². The first-order valence-corrected chi connectivity index (χ1v) is 8.17. The topological polar surface area (TPSA) is 95.7 Å². The Kier molecular flexibility index (Phi) is 3.76. The van der Waals surface area contributed by atoms with Gasteiger partial charge in [0.1, 0.15) is 17.1 Å². The lowest BCUT2D eigenvalue weighted by atomic mass is 9.94. The third-order valence-corrected chi connectivity index (χ3v) is 4.47. The summed E-state index contributed by atoms with van der Waals surface area (Å²) in [5.41, 5.74) is 4.05. The average Bonchev–Trinajstić information content (AvgIpc) is 3.21. The molecule has 2 aromatic heterocycles. The molecule has 1 aliphatic rings. The molecule has 25 heavy (non-hydrogen) atoms. The van der Waals surface area contributed by atoms with Crippen molar-refractivity contribution in [1.82, 2.24) is 25.5 Å². The number of carbonyl (C=O) groups is 1. The van der Waals surface area contributed by atoms with Gasteiger partial charge in [0.05, 0.1) is 7.11 Å². The van der Waals surface area contributed by atoms with Crippen LogP contribution in [0, 0.1) is 6.92 Å². The predicted octanol–water partition coefficient (Wildman–Crippen LogP) is 2.19. The van der Waals surface area contributed by atoms with E-state index in [0.717, 1.165) is 22.7 Å². The number of methoxy groups -OCH3 is 1. The van der Waals surface area contributed by atoms with Crippen molar-refractivity contribution in [2.45, 2.75) is 19.3 Å². The summed E-state index contributed by atoms with van der Waals surface area (Å²) >= 11 is 0. The van der Waals surface area contributed by atoms with E-state index in [1.54, 1.807) is 7.11 Å². The van der Waals surface area contributed by atoms with Crippen LogP contribution in [0.2, 0.25) is 0 Å². The lowest BCUT2D eigenvalue weighted by molar-refractivity contribution is 0.0950. The molecular weight excluding hydrogens is 318 g/mol. The largest absolute Gasteiger partial charge is 0.497 e. The van der Waals surface area contributed by atoms with Crippen LogP contribution < -0.4 is 10.1 Å². The van der Waals surface area contributed by atoms with E-state index in [1.807, 2.05) is 31.2 Å². The Balaban J connectivity index is 1.68.